The number of benzene rings is 1. The summed E-state index contributed by atoms with van der Waals surface area (Å²) in [5, 5.41) is 6.97. The Morgan fingerprint density at radius 3 is 2.61 bits per heavy atom. The molecular weight excluding hydrogens is 529 g/mol. The summed E-state index contributed by atoms with van der Waals surface area (Å²) in [5.74, 6) is 1.46. The van der Waals surface area contributed by atoms with Crippen LogP contribution in [0.15, 0.2) is 29.3 Å². The molecule has 0 spiro atoms. The Bertz CT molecular complexity index is 778. The van der Waals surface area contributed by atoms with Crippen molar-refractivity contribution < 1.29 is 9.53 Å². The highest BCUT2D eigenvalue weighted by atomic mass is 127. The van der Waals surface area contributed by atoms with E-state index in [1.807, 2.05) is 0 Å². The number of anilines is 1. The van der Waals surface area contributed by atoms with E-state index in [4.69, 9.17) is 9.73 Å². The molecule has 1 aromatic rings. The van der Waals surface area contributed by atoms with Crippen LogP contribution in [0.1, 0.15) is 51.0 Å². The van der Waals surface area contributed by atoms with Crippen LogP contribution in [0.4, 0.5) is 5.69 Å². The minimum absolute atomic E-state index is 0. The topological polar surface area (TPSA) is 69.2 Å². The molecule has 184 valence electrons. The molecule has 0 bridgehead atoms. The first-order chi connectivity index (χ1) is 15.7. The molecule has 33 heavy (non-hydrogen) atoms. The van der Waals surface area contributed by atoms with E-state index in [9.17, 15) is 4.79 Å². The Hall–Kier alpha value is -1.55. The van der Waals surface area contributed by atoms with Gasteiger partial charge < -0.3 is 25.2 Å². The molecule has 1 amide bonds. The smallest absolute Gasteiger partial charge is 0.225 e. The Morgan fingerprint density at radius 2 is 1.85 bits per heavy atom. The summed E-state index contributed by atoms with van der Waals surface area (Å²) in [4.78, 5) is 22.3. The van der Waals surface area contributed by atoms with Crippen LogP contribution in [0.3, 0.4) is 0 Å². The summed E-state index contributed by atoms with van der Waals surface area (Å²) in [5.41, 5.74) is 2.48. The van der Waals surface area contributed by atoms with Gasteiger partial charge in [-0.25, -0.2) is 4.99 Å². The number of ether oxygens (including phenoxy) is 1. The van der Waals surface area contributed by atoms with Crippen molar-refractivity contribution in [3.63, 3.8) is 0 Å². The predicted molar refractivity (Wildman–Crippen MR) is 144 cm³/mol. The molecule has 1 saturated carbocycles. The van der Waals surface area contributed by atoms with Crippen LogP contribution in [0.2, 0.25) is 0 Å². The van der Waals surface area contributed by atoms with E-state index in [1.165, 1.54) is 30.5 Å². The molecule has 7 nitrogen and oxygen atoms in total. The molecule has 3 fully saturated rings. The highest BCUT2D eigenvalue weighted by Gasteiger charge is 2.31. The molecule has 8 heteroatoms. The molecule has 1 aromatic carbocycles. The summed E-state index contributed by atoms with van der Waals surface area (Å²) >= 11 is 0. The van der Waals surface area contributed by atoms with Crippen molar-refractivity contribution >= 4 is 41.5 Å². The van der Waals surface area contributed by atoms with Gasteiger partial charge in [0, 0.05) is 50.4 Å². The molecule has 2 aliphatic heterocycles. The second kappa shape index (κ2) is 13.4. The highest BCUT2D eigenvalue weighted by molar-refractivity contribution is 14.0. The van der Waals surface area contributed by atoms with Gasteiger partial charge in [0.15, 0.2) is 5.96 Å². The van der Waals surface area contributed by atoms with Gasteiger partial charge >= 0.3 is 0 Å². The first kappa shape index (κ1) is 26.1. The number of guanidine groups is 1. The van der Waals surface area contributed by atoms with Crippen LogP contribution in [0.25, 0.3) is 0 Å². The van der Waals surface area contributed by atoms with Gasteiger partial charge in [-0.05, 0) is 37.8 Å². The average molecular weight is 570 g/mol. The Kier molecular flexibility index (Phi) is 10.6. The lowest BCUT2D eigenvalue weighted by Gasteiger charge is -2.30. The molecule has 2 N–H and O–H groups in total. The van der Waals surface area contributed by atoms with Crippen LogP contribution in [0.5, 0.6) is 0 Å². The van der Waals surface area contributed by atoms with E-state index in [1.54, 1.807) is 0 Å². The lowest BCUT2D eigenvalue weighted by atomic mass is 9.88. The van der Waals surface area contributed by atoms with Crippen LogP contribution in [-0.4, -0.2) is 68.7 Å². The molecule has 0 aromatic heterocycles. The minimum Gasteiger partial charge on any atom is -0.378 e. The quantitative estimate of drug-likeness (QED) is 0.313. The molecule has 2 saturated heterocycles. The fourth-order valence-electron chi connectivity index (χ4n) is 5.12. The van der Waals surface area contributed by atoms with Crippen molar-refractivity contribution in [2.24, 2.45) is 10.9 Å². The van der Waals surface area contributed by atoms with Crippen molar-refractivity contribution in [1.29, 1.82) is 0 Å². The minimum atomic E-state index is 0. The zero-order chi connectivity index (χ0) is 22.2. The van der Waals surface area contributed by atoms with Crippen molar-refractivity contribution in [3.05, 3.63) is 29.8 Å². The number of amides is 1. The Labute approximate surface area is 215 Å². The molecule has 4 rings (SSSR count). The number of carbonyl (C=O) groups is 1. The third kappa shape index (κ3) is 7.21. The number of para-hydroxylation sites is 1. The molecule has 1 unspecified atom stereocenters. The fraction of sp³-hybridized carbons (Fsp3) is 0.680. The maximum atomic E-state index is 12.9. The van der Waals surface area contributed by atoms with Gasteiger partial charge in [-0.2, -0.15) is 0 Å². The van der Waals surface area contributed by atoms with E-state index < -0.39 is 0 Å². The standard InChI is InChI=1S/C25H39N5O2.HI/c1-2-26-25(27-18-21-10-6-7-11-23(21)29-14-16-32-17-15-29)28-22-12-13-30(19-22)24(31)20-8-4-3-5-9-20;/h6-7,10-11,20,22H,2-5,8-9,12-19H2,1H3,(H2,26,27,28);1H. The third-order valence-corrected chi connectivity index (χ3v) is 6.89. The number of likely N-dealkylation sites (tertiary alicyclic amines) is 1. The highest BCUT2D eigenvalue weighted by Crippen LogP contribution is 2.27. The van der Waals surface area contributed by atoms with Crippen molar-refractivity contribution in [2.45, 2.75) is 58.0 Å². The van der Waals surface area contributed by atoms with Gasteiger partial charge in [-0.1, -0.05) is 37.5 Å². The summed E-state index contributed by atoms with van der Waals surface area (Å²) in [7, 11) is 0. The average Bonchev–Trinajstić information content (AvgIpc) is 3.32. The fourth-order valence-corrected chi connectivity index (χ4v) is 5.12. The molecule has 0 radical (unpaired) electrons. The van der Waals surface area contributed by atoms with Gasteiger partial charge in [0.2, 0.25) is 5.91 Å². The number of nitrogens with zero attached hydrogens (tertiary/aromatic N) is 3. The number of hydrogen-bond donors (Lipinski definition) is 2. The van der Waals surface area contributed by atoms with Gasteiger partial charge in [-0.15, -0.1) is 24.0 Å². The van der Waals surface area contributed by atoms with Crippen molar-refractivity contribution in [3.8, 4) is 0 Å². The van der Waals surface area contributed by atoms with Crippen molar-refractivity contribution in [2.75, 3.05) is 50.8 Å². The molecule has 3 aliphatic rings. The number of morpholine rings is 1. The SMILES string of the molecule is CCNC(=NCc1ccccc1N1CCOCC1)NC1CCN(C(=O)C2CCCCC2)C1.I. The Balaban J connectivity index is 0.00000306. The summed E-state index contributed by atoms with van der Waals surface area (Å²) in [6.07, 6.45) is 6.81. The summed E-state index contributed by atoms with van der Waals surface area (Å²) < 4.78 is 5.51. The molecular formula is C25H40IN5O2. The second-order valence-electron chi connectivity index (χ2n) is 9.17. The summed E-state index contributed by atoms with van der Waals surface area (Å²) in [6.45, 7) is 8.56. The first-order valence-corrected chi connectivity index (χ1v) is 12.5. The number of carbonyl (C=O) groups excluding carboxylic acids is 1. The van der Waals surface area contributed by atoms with E-state index in [2.05, 4.69) is 51.6 Å². The number of nitrogens with one attached hydrogen (secondary N) is 2. The zero-order valence-electron chi connectivity index (χ0n) is 19.9. The number of hydrogen-bond acceptors (Lipinski definition) is 4. The van der Waals surface area contributed by atoms with Crippen LogP contribution < -0.4 is 15.5 Å². The Morgan fingerprint density at radius 1 is 1.09 bits per heavy atom. The maximum absolute atomic E-state index is 12.9. The third-order valence-electron chi connectivity index (χ3n) is 6.89. The van der Waals surface area contributed by atoms with Gasteiger partial charge in [0.25, 0.3) is 0 Å². The predicted octanol–water partition coefficient (Wildman–Crippen LogP) is 3.38. The lowest BCUT2D eigenvalue weighted by molar-refractivity contribution is -0.135. The largest absolute Gasteiger partial charge is 0.378 e. The first-order valence-electron chi connectivity index (χ1n) is 12.5. The molecule has 1 atom stereocenters. The number of halogens is 1. The number of rotatable bonds is 6. The van der Waals surface area contributed by atoms with Crippen molar-refractivity contribution in [1.82, 2.24) is 15.5 Å². The zero-order valence-corrected chi connectivity index (χ0v) is 22.3. The monoisotopic (exact) mass is 569 g/mol. The van der Waals surface area contributed by atoms with Crippen LogP contribution in [-0.2, 0) is 16.1 Å². The van der Waals surface area contributed by atoms with E-state index in [0.717, 1.165) is 71.2 Å². The van der Waals surface area contributed by atoms with Gasteiger partial charge in [0.1, 0.15) is 0 Å². The van der Waals surface area contributed by atoms with E-state index >= 15 is 0 Å². The van der Waals surface area contributed by atoms with Crippen LogP contribution in [0, 0.1) is 5.92 Å². The van der Waals surface area contributed by atoms with E-state index in [0.29, 0.717) is 12.5 Å². The summed E-state index contributed by atoms with van der Waals surface area (Å²) in [6, 6.07) is 8.79. The van der Waals surface area contributed by atoms with E-state index in [-0.39, 0.29) is 35.9 Å². The second-order valence-corrected chi connectivity index (χ2v) is 9.17. The number of aliphatic imine (C=N–C) groups is 1. The maximum Gasteiger partial charge on any atom is 0.225 e. The van der Waals surface area contributed by atoms with Gasteiger partial charge in [-0.3, -0.25) is 4.79 Å². The van der Waals surface area contributed by atoms with Crippen LogP contribution >= 0.6 is 24.0 Å². The lowest BCUT2D eigenvalue weighted by Crippen LogP contribution is -2.45. The normalized spacial score (nSPS) is 22.1. The van der Waals surface area contributed by atoms with Gasteiger partial charge in [0.05, 0.1) is 19.8 Å². The molecule has 2 heterocycles. The molecule has 1 aliphatic carbocycles.